The molecule has 0 bridgehead atoms. The van der Waals surface area contributed by atoms with Crippen molar-refractivity contribution in [2.75, 3.05) is 52.6 Å². The summed E-state index contributed by atoms with van der Waals surface area (Å²) < 4.78 is 1.71. The molecule has 2 unspecified atom stereocenters. The largest absolute Gasteiger partial charge is 0.340 e. The van der Waals surface area contributed by atoms with Crippen LogP contribution in [-0.2, 0) is 11.3 Å². The first-order valence-electron chi connectivity index (χ1n) is 13.4. The maximum atomic E-state index is 13.4. The Morgan fingerprint density at radius 2 is 1.62 bits per heavy atom. The van der Waals surface area contributed by atoms with E-state index in [1.165, 1.54) is 22.2 Å². The number of urea groups is 1. The Bertz CT molecular complexity index is 1380. The molecule has 2 saturated heterocycles. The maximum Gasteiger partial charge on any atom is 0.328 e. The second-order valence-electron chi connectivity index (χ2n) is 10.1. The molecule has 2 fully saturated rings. The summed E-state index contributed by atoms with van der Waals surface area (Å²) in [4.78, 5) is 40.6. The van der Waals surface area contributed by atoms with Gasteiger partial charge in [0.2, 0.25) is 5.16 Å². The maximum absolute atomic E-state index is 13.4. The number of hydrogen-bond acceptors (Lipinski definition) is 10. The molecule has 3 amide bonds. The smallest absolute Gasteiger partial charge is 0.328 e. The van der Waals surface area contributed by atoms with Gasteiger partial charge in [-0.25, -0.2) is 9.79 Å². The number of fused-ring (bicyclic) bond motifs is 1. The van der Waals surface area contributed by atoms with Crippen molar-refractivity contribution in [2.45, 2.75) is 23.9 Å². The second-order valence-corrected chi connectivity index (χ2v) is 11.1. The fourth-order valence-corrected chi connectivity index (χ4v) is 6.26. The van der Waals surface area contributed by atoms with Gasteiger partial charge in [0.25, 0.3) is 5.91 Å². The number of guanidine groups is 1. The van der Waals surface area contributed by atoms with Crippen LogP contribution in [0, 0.1) is 0 Å². The van der Waals surface area contributed by atoms with Crippen LogP contribution in [0.25, 0.3) is 5.69 Å². The van der Waals surface area contributed by atoms with E-state index < -0.39 is 12.2 Å². The minimum Gasteiger partial charge on any atom is -0.340 e. The van der Waals surface area contributed by atoms with Gasteiger partial charge in [0.1, 0.15) is 0 Å². The van der Waals surface area contributed by atoms with E-state index in [-0.39, 0.29) is 11.9 Å². The van der Waals surface area contributed by atoms with Crippen LogP contribution < -0.4 is 0 Å². The van der Waals surface area contributed by atoms with E-state index in [2.05, 4.69) is 54.5 Å². The number of nitrogens with zero attached hydrogens (tertiary/aromatic N) is 10. The number of piperazine rings is 1. The molecule has 2 aromatic carbocycles. The fourth-order valence-electron chi connectivity index (χ4n) is 5.44. The fraction of sp³-hybridized carbons (Fsp3) is 0.407. The number of carbonyl (C=O) groups is 2. The molecule has 3 aliphatic heterocycles. The van der Waals surface area contributed by atoms with Crippen LogP contribution in [0.4, 0.5) is 4.79 Å². The van der Waals surface area contributed by atoms with E-state index in [1.54, 1.807) is 23.7 Å². The number of imide groups is 1. The average Bonchev–Trinajstić information content (AvgIpc) is 3.62. The predicted octanol–water partition coefficient (Wildman–Crippen LogP) is 1.46. The minimum atomic E-state index is -0.559. The Balaban J connectivity index is 1.17. The number of benzene rings is 2. The van der Waals surface area contributed by atoms with Gasteiger partial charge in [-0.3, -0.25) is 14.6 Å². The number of carbonyl (C=O) groups excluding carboxylic acids is 2. The number of tetrazole rings is 1. The van der Waals surface area contributed by atoms with Gasteiger partial charge in [0.05, 0.1) is 5.69 Å². The van der Waals surface area contributed by atoms with Crippen LogP contribution in [0.3, 0.4) is 0 Å². The van der Waals surface area contributed by atoms with Crippen LogP contribution >= 0.6 is 11.8 Å². The van der Waals surface area contributed by atoms with Crippen LogP contribution in [0.15, 0.2) is 70.8 Å². The van der Waals surface area contributed by atoms with Gasteiger partial charge in [-0.1, -0.05) is 60.3 Å². The third-order valence-electron chi connectivity index (χ3n) is 7.60. The van der Waals surface area contributed by atoms with Crippen molar-refractivity contribution in [1.82, 2.24) is 44.7 Å². The number of aliphatic imine (C=N–C) groups is 1. The first-order chi connectivity index (χ1) is 19.5. The third kappa shape index (κ3) is 5.02. The number of amides is 3. The van der Waals surface area contributed by atoms with Gasteiger partial charge >= 0.3 is 6.03 Å². The van der Waals surface area contributed by atoms with Crippen LogP contribution in [0.5, 0.6) is 0 Å². The number of aromatic nitrogens is 4. The standard InChI is InChI=1S/C27H32N10O2S/c1-32-23-22(24(38)33(2)27(32)39)36(17-18-40-26-29-30-31-37(26)21-11-7-4-8-12-21)25(28-23)35-15-13-34(14-16-35)19-20-9-5-3-6-10-20/h3-12,22-23H,13-19H2,1-2H3. The Labute approximate surface area is 237 Å². The van der Waals surface area contributed by atoms with E-state index in [0.29, 0.717) is 17.5 Å². The predicted molar refractivity (Wildman–Crippen MR) is 151 cm³/mol. The van der Waals surface area contributed by atoms with Crippen molar-refractivity contribution < 1.29 is 9.59 Å². The molecule has 0 N–H and O–H groups in total. The lowest BCUT2D eigenvalue weighted by Gasteiger charge is -2.42. The Kier molecular flexibility index (Phi) is 7.39. The zero-order valence-electron chi connectivity index (χ0n) is 22.6. The number of rotatable bonds is 7. The van der Waals surface area contributed by atoms with Crippen molar-refractivity contribution in [2.24, 2.45) is 4.99 Å². The lowest BCUT2D eigenvalue weighted by atomic mass is 10.1. The number of para-hydroxylation sites is 1. The molecule has 0 aliphatic carbocycles. The van der Waals surface area contributed by atoms with Crippen molar-refractivity contribution in [3.63, 3.8) is 0 Å². The third-order valence-corrected chi connectivity index (χ3v) is 8.50. The zero-order chi connectivity index (χ0) is 27.6. The van der Waals surface area contributed by atoms with E-state index in [9.17, 15) is 9.59 Å². The van der Waals surface area contributed by atoms with Crippen molar-refractivity contribution in [3.05, 3.63) is 66.2 Å². The van der Waals surface area contributed by atoms with Crippen molar-refractivity contribution >= 4 is 29.7 Å². The summed E-state index contributed by atoms with van der Waals surface area (Å²) in [5.74, 6) is 1.19. The van der Waals surface area contributed by atoms with E-state index in [1.807, 2.05) is 36.4 Å². The topological polar surface area (TPSA) is 106 Å². The normalized spacial score (nSPS) is 21.7. The molecule has 12 nitrogen and oxygen atoms in total. The molecular formula is C27H32N10O2S. The zero-order valence-corrected chi connectivity index (χ0v) is 23.4. The molecule has 13 heteroatoms. The molecule has 208 valence electrons. The van der Waals surface area contributed by atoms with Gasteiger partial charge in [-0.15, -0.1) is 5.10 Å². The minimum absolute atomic E-state index is 0.228. The van der Waals surface area contributed by atoms with Crippen molar-refractivity contribution in [3.8, 4) is 5.69 Å². The molecule has 0 saturated carbocycles. The molecule has 1 aromatic heterocycles. The molecule has 0 spiro atoms. The van der Waals surface area contributed by atoms with Gasteiger partial charge in [-0.05, 0) is 28.1 Å². The summed E-state index contributed by atoms with van der Waals surface area (Å²) in [6, 6.07) is 19.3. The van der Waals surface area contributed by atoms with Gasteiger partial charge in [-0.2, -0.15) is 4.68 Å². The Morgan fingerprint density at radius 1 is 0.925 bits per heavy atom. The molecule has 3 aliphatic rings. The van der Waals surface area contributed by atoms with E-state index >= 15 is 0 Å². The van der Waals surface area contributed by atoms with Gasteiger partial charge in [0, 0.05) is 59.1 Å². The van der Waals surface area contributed by atoms with Crippen LogP contribution in [0.1, 0.15) is 5.56 Å². The first kappa shape index (κ1) is 26.3. The Hall–Kier alpha value is -3.97. The molecule has 40 heavy (non-hydrogen) atoms. The summed E-state index contributed by atoms with van der Waals surface area (Å²) >= 11 is 1.53. The monoisotopic (exact) mass is 560 g/mol. The summed E-state index contributed by atoms with van der Waals surface area (Å²) in [7, 11) is 3.26. The summed E-state index contributed by atoms with van der Waals surface area (Å²) in [5, 5.41) is 12.9. The summed E-state index contributed by atoms with van der Waals surface area (Å²) in [6.45, 7) is 4.83. The van der Waals surface area contributed by atoms with Gasteiger partial charge in [0.15, 0.2) is 18.2 Å². The van der Waals surface area contributed by atoms with Crippen molar-refractivity contribution in [1.29, 1.82) is 0 Å². The molecule has 0 radical (unpaired) electrons. The second kappa shape index (κ2) is 11.3. The lowest BCUT2D eigenvalue weighted by molar-refractivity contribution is -0.136. The SMILES string of the molecule is CN1C(=O)C2C(N=C(N3CCN(Cc4ccccc4)CC3)N2CCSc2nnnn2-c2ccccc2)N(C)C1=O. The summed E-state index contributed by atoms with van der Waals surface area (Å²) in [6.07, 6.45) is -0.548. The molecule has 3 aromatic rings. The van der Waals surface area contributed by atoms with E-state index in [4.69, 9.17) is 4.99 Å². The quantitative estimate of drug-likeness (QED) is 0.397. The molecule has 2 atom stereocenters. The highest BCUT2D eigenvalue weighted by Gasteiger charge is 2.52. The van der Waals surface area contributed by atoms with Crippen LogP contribution in [0.2, 0.25) is 0 Å². The molecule has 4 heterocycles. The highest BCUT2D eigenvalue weighted by atomic mass is 32.2. The van der Waals surface area contributed by atoms with Crippen LogP contribution in [-0.4, -0.2) is 127 Å². The highest BCUT2D eigenvalue weighted by Crippen LogP contribution is 2.29. The number of hydrogen-bond donors (Lipinski definition) is 0. The Morgan fingerprint density at radius 3 is 2.35 bits per heavy atom. The highest BCUT2D eigenvalue weighted by molar-refractivity contribution is 7.99. The lowest BCUT2D eigenvalue weighted by Crippen LogP contribution is -2.65. The number of likely N-dealkylation sites (N-methyl/N-ethyl adjacent to an activating group) is 2. The molecule has 6 rings (SSSR count). The first-order valence-corrected chi connectivity index (χ1v) is 14.4. The average molecular weight is 561 g/mol. The van der Waals surface area contributed by atoms with E-state index in [0.717, 1.165) is 44.4 Å². The summed E-state index contributed by atoms with van der Waals surface area (Å²) in [5.41, 5.74) is 2.18. The molecular weight excluding hydrogens is 528 g/mol. The number of thioether (sulfide) groups is 1. The van der Waals surface area contributed by atoms with Gasteiger partial charge < -0.3 is 14.7 Å².